The molecule has 2 aromatic rings. The number of hydrogen-bond donors (Lipinski definition) is 1. The van der Waals surface area contributed by atoms with Crippen LogP contribution in [0.1, 0.15) is 30.0 Å². The minimum Gasteiger partial charge on any atom is -0.508 e. The van der Waals surface area contributed by atoms with Gasteiger partial charge in [0.25, 0.3) is 0 Å². The van der Waals surface area contributed by atoms with Gasteiger partial charge in [-0.3, -0.25) is 0 Å². The van der Waals surface area contributed by atoms with Crippen LogP contribution in [0.15, 0.2) is 53.5 Å². The molecule has 1 N–H and O–H groups in total. The van der Waals surface area contributed by atoms with Crippen molar-refractivity contribution in [2.24, 2.45) is 10.9 Å². The molecule has 0 saturated heterocycles. The molecule has 4 rings (SSSR count). The third-order valence-corrected chi connectivity index (χ3v) is 5.54. The number of benzene rings is 2. The van der Waals surface area contributed by atoms with Gasteiger partial charge in [0.15, 0.2) is 0 Å². The van der Waals surface area contributed by atoms with Crippen molar-refractivity contribution in [2.75, 3.05) is 13.7 Å². The van der Waals surface area contributed by atoms with Gasteiger partial charge in [0.05, 0.1) is 19.5 Å². The SMILES string of the molecule is COC(=O)[C@@]1(c2ccccc2)N=CN(CC2CC2)[C@H]1c1ccc(Cl)cc1O. The van der Waals surface area contributed by atoms with Crippen LogP contribution in [0.25, 0.3) is 0 Å². The number of nitrogens with zero attached hydrogens (tertiary/aromatic N) is 2. The Morgan fingerprint density at radius 2 is 2.04 bits per heavy atom. The Morgan fingerprint density at radius 1 is 1.30 bits per heavy atom. The molecule has 0 bridgehead atoms. The minimum atomic E-state index is -1.28. The van der Waals surface area contributed by atoms with Crippen molar-refractivity contribution in [3.8, 4) is 5.75 Å². The summed E-state index contributed by atoms with van der Waals surface area (Å²) in [5.41, 5.74) is 0.0495. The number of rotatable bonds is 5. The average molecular weight is 385 g/mol. The standard InChI is InChI=1S/C21H21ClN2O3/c1-27-20(26)21(15-5-3-2-4-6-15)19(17-10-9-16(22)11-18(17)25)24(13-23-21)12-14-7-8-14/h2-6,9-11,13-14,19,25H,7-8,12H2,1H3/t19-,21-/m0/s1. The van der Waals surface area contributed by atoms with Gasteiger partial charge in [-0.25, -0.2) is 9.79 Å². The molecular weight excluding hydrogens is 364 g/mol. The van der Waals surface area contributed by atoms with Gasteiger partial charge >= 0.3 is 5.97 Å². The third kappa shape index (κ3) is 3.06. The lowest BCUT2D eigenvalue weighted by molar-refractivity contribution is -0.149. The summed E-state index contributed by atoms with van der Waals surface area (Å²) in [6.45, 7) is 0.780. The van der Waals surface area contributed by atoms with Crippen molar-refractivity contribution >= 4 is 23.9 Å². The van der Waals surface area contributed by atoms with Crippen LogP contribution in [0.5, 0.6) is 5.75 Å². The van der Waals surface area contributed by atoms with E-state index in [2.05, 4.69) is 4.99 Å². The van der Waals surface area contributed by atoms with Gasteiger partial charge in [0, 0.05) is 17.1 Å². The summed E-state index contributed by atoms with van der Waals surface area (Å²) < 4.78 is 5.19. The van der Waals surface area contributed by atoms with Crippen LogP contribution in [0.3, 0.4) is 0 Å². The fourth-order valence-corrected chi connectivity index (χ4v) is 3.97. The molecule has 0 unspecified atom stereocenters. The predicted molar refractivity (Wildman–Crippen MR) is 104 cm³/mol. The Hall–Kier alpha value is -2.53. The van der Waals surface area contributed by atoms with E-state index in [1.165, 1.54) is 26.0 Å². The second-order valence-electron chi connectivity index (χ2n) is 7.11. The molecule has 1 fully saturated rings. The normalized spacial score (nSPS) is 24.2. The summed E-state index contributed by atoms with van der Waals surface area (Å²) in [4.78, 5) is 19.8. The van der Waals surface area contributed by atoms with E-state index in [0.717, 1.165) is 12.1 Å². The molecule has 1 aliphatic heterocycles. The van der Waals surface area contributed by atoms with Gasteiger partial charge in [-0.15, -0.1) is 0 Å². The highest BCUT2D eigenvalue weighted by Gasteiger charge is 2.55. The zero-order valence-electron chi connectivity index (χ0n) is 15.0. The molecule has 2 aromatic carbocycles. The first-order valence-electron chi connectivity index (χ1n) is 8.99. The number of phenols is 1. The summed E-state index contributed by atoms with van der Waals surface area (Å²) in [5.74, 6) is 0.170. The minimum absolute atomic E-state index is 0.0445. The van der Waals surface area contributed by atoms with Crippen LogP contribution in [-0.4, -0.2) is 36.0 Å². The highest BCUT2D eigenvalue weighted by atomic mass is 35.5. The number of aromatic hydroxyl groups is 1. The van der Waals surface area contributed by atoms with E-state index in [9.17, 15) is 9.90 Å². The first-order chi connectivity index (χ1) is 13.1. The van der Waals surface area contributed by atoms with E-state index in [4.69, 9.17) is 16.3 Å². The fourth-order valence-electron chi connectivity index (χ4n) is 3.81. The Balaban J connectivity index is 1.89. The van der Waals surface area contributed by atoms with Crippen LogP contribution in [0, 0.1) is 5.92 Å². The van der Waals surface area contributed by atoms with Crippen LogP contribution < -0.4 is 0 Å². The summed E-state index contributed by atoms with van der Waals surface area (Å²) in [5, 5.41) is 11.1. The molecule has 140 valence electrons. The van der Waals surface area contributed by atoms with Crippen LogP contribution in [0.2, 0.25) is 5.02 Å². The second kappa shape index (κ2) is 6.89. The first kappa shape index (κ1) is 17.9. The maximum absolute atomic E-state index is 13.1. The molecule has 0 spiro atoms. The van der Waals surface area contributed by atoms with Crippen molar-refractivity contribution in [2.45, 2.75) is 24.4 Å². The largest absolute Gasteiger partial charge is 0.508 e. The molecule has 0 radical (unpaired) electrons. The maximum atomic E-state index is 13.1. The van der Waals surface area contributed by atoms with Crippen molar-refractivity contribution in [3.05, 3.63) is 64.7 Å². The zero-order chi connectivity index (χ0) is 19.0. The lowest BCUT2D eigenvalue weighted by atomic mass is 9.79. The average Bonchev–Trinajstić information content (AvgIpc) is 3.42. The molecule has 1 saturated carbocycles. The van der Waals surface area contributed by atoms with E-state index in [0.29, 0.717) is 16.5 Å². The molecule has 2 aliphatic rings. The number of aliphatic imine (C=N–C) groups is 1. The van der Waals surface area contributed by atoms with Crippen molar-refractivity contribution in [1.29, 1.82) is 0 Å². The zero-order valence-corrected chi connectivity index (χ0v) is 15.8. The van der Waals surface area contributed by atoms with Crippen LogP contribution in [-0.2, 0) is 15.1 Å². The number of carbonyl (C=O) groups is 1. The highest BCUT2D eigenvalue weighted by Crippen LogP contribution is 2.50. The summed E-state index contributed by atoms with van der Waals surface area (Å²) in [7, 11) is 1.37. The van der Waals surface area contributed by atoms with Gasteiger partial charge in [0.2, 0.25) is 5.54 Å². The number of carbonyl (C=O) groups excluding carboxylic acids is 1. The lowest BCUT2D eigenvalue weighted by Crippen LogP contribution is -2.44. The van der Waals surface area contributed by atoms with Crippen LogP contribution in [0.4, 0.5) is 0 Å². The molecule has 5 nitrogen and oxygen atoms in total. The molecule has 0 aromatic heterocycles. The number of hydrogen-bond acceptors (Lipinski definition) is 5. The van der Waals surface area contributed by atoms with E-state index < -0.39 is 17.6 Å². The van der Waals surface area contributed by atoms with E-state index in [-0.39, 0.29) is 5.75 Å². The maximum Gasteiger partial charge on any atom is 0.341 e. The van der Waals surface area contributed by atoms with E-state index >= 15 is 0 Å². The topological polar surface area (TPSA) is 62.1 Å². The molecular formula is C21H21ClN2O3. The Morgan fingerprint density at radius 3 is 2.67 bits per heavy atom. The molecule has 0 amide bonds. The summed E-state index contributed by atoms with van der Waals surface area (Å²) in [6.07, 6.45) is 4.06. The van der Waals surface area contributed by atoms with E-state index in [1.54, 1.807) is 18.5 Å². The molecule has 1 heterocycles. The molecule has 6 heteroatoms. The van der Waals surface area contributed by atoms with E-state index in [1.807, 2.05) is 35.2 Å². The Labute approximate surface area is 163 Å². The quantitative estimate of drug-likeness (QED) is 0.794. The second-order valence-corrected chi connectivity index (χ2v) is 7.55. The van der Waals surface area contributed by atoms with Gasteiger partial charge in [-0.2, -0.15) is 0 Å². The van der Waals surface area contributed by atoms with Crippen molar-refractivity contribution < 1.29 is 14.6 Å². The number of phenolic OH excluding ortho intramolecular Hbond substituents is 1. The first-order valence-corrected chi connectivity index (χ1v) is 9.37. The molecule has 27 heavy (non-hydrogen) atoms. The number of methoxy groups -OCH3 is 1. The summed E-state index contributed by atoms with van der Waals surface area (Å²) in [6, 6.07) is 13.8. The molecule has 2 atom stereocenters. The van der Waals surface area contributed by atoms with Gasteiger partial charge < -0.3 is 14.7 Å². The fraction of sp³-hybridized carbons (Fsp3) is 0.333. The van der Waals surface area contributed by atoms with Gasteiger partial charge in [-0.05, 0) is 36.5 Å². The van der Waals surface area contributed by atoms with Gasteiger partial charge in [0.1, 0.15) is 5.75 Å². The Kier molecular flexibility index (Phi) is 4.56. The summed E-state index contributed by atoms with van der Waals surface area (Å²) >= 11 is 6.04. The van der Waals surface area contributed by atoms with Crippen molar-refractivity contribution in [1.82, 2.24) is 4.90 Å². The van der Waals surface area contributed by atoms with Crippen molar-refractivity contribution in [3.63, 3.8) is 0 Å². The Bertz CT molecular complexity index is 882. The van der Waals surface area contributed by atoms with Crippen LogP contribution >= 0.6 is 11.6 Å². The molecule has 1 aliphatic carbocycles. The monoisotopic (exact) mass is 384 g/mol. The smallest absolute Gasteiger partial charge is 0.341 e. The number of esters is 1. The highest BCUT2D eigenvalue weighted by molar-refractivity contribution is 6.30. The predicted octanol–water partition coefficient (Wildman–Crippen LogP) is 3.91. The number of halogens is 1. The number of ether oxygens (including phenoxy) is 1. The van der Waals surface area contributed by atoms with Gasteiger partial charge in [-0.1, -0.05) is 48.0 Å². The lowest BCUT2D eigenvalue weighted by Gasteiger charge is -2.36. The third-order valence-electron chi connectivity index (χ3n) is 5.30.